The number of hydrogen-bond donors (Lipinski definition) is 1. The molecule has 1 aromatic heterocycles. The zero-order chi connectivity index (χ0) is 15.4. The highest BCUT2D eigenvalue weighted by Crippen LogP contribution is 2.22. The molecule has 0 fully saturated rings. The average molecular weight is 318 g/mol. The van der Waals surface area contributed by atoms with Crippen LogP contribution >= 0.6 is 11.8 Å². The van der Waals surface area contributed by atoms with Crippen molar-refractivity contribution < 1.29 is 22.8 Å². The van der Waals surface area contributed by atoms with Crippen LogP contribution in [0.1, 0.15) is 12.8 Å². The summed E-state index contributed by atoms with van der Waals surface area (Å²) in [5.74, 6) is -2.56. The number of thioether (sulfide) groups is 1. The second-order valence-electron chi connectivity index (χ2n) is 4.57. The molecule has 0 radical (unpaired) electrons. The van der Waals surface area contributed by atoms with Gasteiger partial charge in [0.05, 0.1) is 5.75 Å². The highest BCUT2D eigenvalue weighted by atomic mass is 32.2. The van der Waals surface area contributed by atoms with Gasteiger partial charge in [-0.2, -0.15) is 16.7 Å². The van der Waals surface area contributed by atoms with Crippen LogP contribution in [0.4, 0.5) is 13.2 Å². The summed E-state index contributed by atoms with van der Waals surface area (Å²) in [5.41, 5.74) is 0.00938. The lowest BCUT2D eigenvalue weighted by Crippen LogP contribution is -2.03. The smallest absolute Gasteiger partial charge is 0.236 e. The van der Waals surface area contributed by atoms with Crippen molar-refractivity contribution >= 4 is 11.8 Å². The van der Waals surface area contributed by atoms with Crippen LogP contribution in [0.3, 0.4) is 0 Å². The third-order valence-electron chi connectivity index (χ3n) is 2.65. The van der Waals surface area contributed by atoms with Crippen molar-refractivity contribution in [3.63, 3.8) is 0 Å². The topological polar surface area (TPSA) is 59.2 Å². The van der Waals surface area contributed by atoms with Gasteiger partial charge in [0.1, 0.15) is 0 Å². The Kier molecular flexibility index (Phi) is 5.24. The number of aliphatic hydroxyl groups is 1. The lowest BCUT2D eigenvalue weighted by atomic mass is 10.2. The molecule has 2 aromatic rings. The molecule has 0 spiro atoms. The van der Waals surface area contributed by atoms with Gasteiger partial charge in [0.2, 0.25) is 11.7 Å². The quantitative estimate of drug-likeness (QED) is 0.830. The Morgan fingerprint density at radius 2 is 1.95 bits per heavy atom. The van der Waals surface area contributed by atoms with Crippen molar-refractivity contribution in [2.75, 3.05) is 12.4 Å². The standard InChI is InChI=1S/C13H13F3N2O2S/c1-7(4-19)5-21-6-11-17-13(18-20-11)8-2-9(14)12(16)10(15)3-8/h2-3,7,19H,4-6H2,1H3/t7-/m0/s1. The Hall–Kier alpha value is -1.54. The van der Waals surface area contributed by atoms with Crippen LogP contribution in [0.25, 0.3) is 11.4 Å². The van der Waals surface area contributed by atoms with E-state index in [2.05, 4.69) is 10.1 Å². The number of aliphatic hydroxyl groups excluding tert-OH is 1. The maximum Gasteiger partial charge on any atom is 0.236 e. The van der Waals surface area contributed by atoms with E-state index in [1.54, 1.807) is 0 Å². The van der Waals surface area contributed by atoms with E-state index in [9.17, 15) is 13.2 Å². The largest absolute Gasteiger partial charge is 0.396 e. The number of nitrogens with zero attached hydrogens (tertiary/aromatic N) is 2. The van der Waals surface area contributed by atoms with Crippen molar-refractivity contribution in [2.24, 2.45) is 5.92 Å². The van der Waals surface area contributed by atoms with Crippen molar-refractivity contribution in [1.82, 2.24) is 10.1 Å². The van der Waals surface area contributed by atoms with Gasteiger partial charge in [-0.05, 0) is 23.8 Å². The highest BCUT2D eigenvalue weighted by Gasteiger charge is 2.15. The minimum atomic E-state index is -1.53. The molecule has 0 unspecified atom stereocenters. The van der Waals surface area contributed by atoms with Crippen LogP contribution in [-0.4, -0.2) is 27.6 Å². The van der Waals surface area contributed by atoms with E-state index in [1.165, 1.54) is 11.8 Å². The molecule has 1 heterocycles. The van der Waals surface area contributed by atoms with Gasteiger partial charge < -0.3 is 9.63 Å². The Labute approximate surface area is 123 Å². The molecule has 114 valence electrons. The Morgan fingerprint density at radius 1 is 1.29 bits per heavy atom. The summed E-state index contributed by atoms with van der Waals surface area (Å²) < 4.78 is 44.1. The summed E-state index contributed by atoms with van der Waals surface area (Å²) in [4.78, 5) is 4.00. The van der Waals surface area contributed by atoms with Crippen LogP contribution in [0.15, 0.2) is 16.7 Å². The molecule has 0 aliphatic rings. The fraction of sp³-hybridized carbons (Fsp3) is 0.385. The van der Waals surface area contributed by atoms with Crippen molar-refractivity contribution in [3.8, 4) is 11.4 Å². The number of hydrogen-bond acceptors (Lipinski definition) is 5. The predicted octanol–water partition coefficient (Wildman–Crippen LogP) is 3.02. The monoisotopic (exact) mass is 318 g/mol. The molecule has 1 N–H and O–H groups in total. The SMILES string of the molecule is C[C@@H](CO)CSCc1nc(-c2cc(F)c(F)c(F)c2)no1. The second-order valence-corrected chi connectivity index (χ2v) is 5.60. The molecule has 0 bridgehead atoms. The molecule has 2 rings (SSSR count). The number of rotatable bonds is 6. The molecule has 21 heavy (non-hydrogen) atoms. The van der Waals surface area contributed by atoms with Gasteiger partial charge in [-0.3, -0.25) is 0 Å². The van der Waals surface area contributed by atoms with Crippen LogP contribution in [0.5, 0.6) is 0 Å². The molecule has 4 nitrogen and oxygen atoms in total. The van der Waals surface area contributed by atoms with Gasteiger partial charge in [0.25, 0.3) is 0 Å². The molecule has 8 heteroatoms. The highest BCUT2D eigenvalue weighted by molar-refractivity contribution is 7.98. The molecule has 1 aromatic carbocycles. The van der Waals surface area contributed by atoms with Gasteiger partial charge in [-0.25, -0.2) is 13.2 Å². The first-order valence-electron chi connectivity index (χ1n) is 6.17. The minimum absolute atomic E-state index is 0.00129. The first kappa shape index (κ1) is 15.8. The Balaban J connectivity index is 2.06. The maximum atomic E-state index is 13.1. The Bertz CT molecular complexity index is 598. The molecule has 0 saturated carbocycles. The number of aromatic nitrogens is 2. The zero-order valence-electron chi connectivity index (χ0n) is 11.1. The molecule has 0 amide bonds. The van der Waals surface area contributed by atoms with Crippen LogP contribution < -0.4 is 0 Å². The van der Waals surface area contributed by atoms with E-state index in [0.717, 1.165) is 12.1 Å². The average Bonchev–Trinajstić information content (AvgIpc) is 2.92. The van der Waals surface area contributed by atoms with E-state index in [0.29, 0.717) is 17.4 Å². The van der Waals surface area contributed by atoms with Gasteiger partial charge in [-0.15, -0.1) is 0 Å². The van der Waals surface area contributed by atoms with Gasteiger partial charge in [0, 0.05) is 12.2 Å². The van der Waals surface area contributed by atoms with Gasteiger partial charge in [0.15, 0.2) is 17.5 Å². The lowest BCUT2D eigenvalue weighted by Gasteiger charge is -2.04. The maximum absolute atomic E-state index is 13.1. The predicted molar refractivity (Wildman–Crippen MR) is 72.0 cm³/mol. The van der Waals surface area contributed by atoms with Crippen LogP contribution in [0.2, 0.25) is 0 Å². The van der Waals surface area contributed by atoms with Crippen molar-refractivity contribution in [1.29, 1.82) is 0 Å². The summed E-state index contributed by atoms with van der Waals surface area (Å²) in [6.07, 6.45) is 0. The summed E-state index contributed by atoms with van der Waals surface area (Å²) in [7, 11) is 0. The van der Waals surface area contributed by atoms with E-state index >= 15 is 0 Å². The fourth-order valence-electron chi connectivity index (χ4n) is 1.52. The second kappa shape index (κ2) is 6.95. The number of halogens is 3. The zero-order valence-corrected chi connectivity index (χ0v) is 12.0. The fourth-order valence-corrected chi connectivity index (χ4v) is 2.43. The summed E-state index contributed by atoms with van der Waals surface area (Å²) >= 11 is 1.49. The summed E-state index contributed by atoms with van der Waals surface area (Å²) in [6.45, 7) is 1.99. The van der Waals surface area contributed by atoms with Crippen LogP contribution in [-0.2, 0) is 5.75 Å². The van der Waals surface area contributed by atoms with Crippen molar-refractivity contribution in [2.45, 2.75) is 12.7 Å². The lowest BCUT2D eigenvalue weighted by molar-refractivity contribution is 0.250. The third kappa shape index (κ3) is 3.98. The molecule has 1 atom stereocenters. The van der Waals surface area contributed by atoms with Crippen LogP contribution in [0, 0.1) is 23.4 Å². The number of benzene rings is 1. The molecule has 0 saturated heterocycles. The normalized spacial score (nSPS) is 12.6. The van der Waals surface area contributed by atoms with Crippen molar-refractivity contribution in [3.05, 3.63) is 35.5 Å². The van der Waals surface area contributed by atoms with E-state index in [-0.39, 0.29) is 23.9 Å². The van der Waals surface area contributed by atoms with Gasteiger partial charge in [-0.1, -0.05) is 12.1 Å². The molecule has 0 aliphatic heterocycles. The first-order valence-corrected chi connectivity index (χ1v) is 7.32. The van der Waals surface area contributed by atoms with E-state index in [1.807, 2.05) is 6.92 Å². The summed E-state index contributed by atoms with van der Waals surface area (Å²) in [6, 6.07) is 1.63. The Morgan fingerprint density at radius 3 is 2.57 bits per heavy atom. The van der Waals surface area contributed by atoms with E-state index < -0.39 is 17.5 Å². The van der Waals surface area contributed by atoms with E-state index in [4.69, 9.17) is 9.63 Å². The minimum Gasteiger partial charge on any atom is -0.396 e. The molecular formula is C13H13F3N2O2S. The molecule has 0 aliphatic carbocycles. The first-order chi connectivity index (χ1) is 10.0. The summed E-state index contributed by atoms with van der Waals surface area (Å²) in [5, 5.41) is 12.5. The van der Waals surface area contributed by atoms with Gasteiger partial charge >= 0.3 is 0 Å². The molecular weight excluding hydrogens is 305 g/mol. The third-order valence-corrected chi connectivity index (χ3v) is 3.91.